The molecule has 1 N–H and O–H groups in total. The van der Waals surface area contributed by atoms with Crippen molar-refractivity contribution >= 4 is 23.3 Å². The van der Waals surface area contributed by atoms with Crippen LogP contribution in [-0.2, 0) is 0 Å². The molecule has 1 aromatic heterocycles. The van der Waals surface area contributed by atoms with Crippen LogP contribution in [0.4, 0.5) is 5.82 Å². The number of carbonyl (C=O) groups is 1. The Bertz CT molecular complexity index is 1440. The number of amides is 1. The number of methoxy groups -OCH3 is 1. The van der Waals surface area contributed by atoms with Crippen LogP contribution in [0.2, 0.25) is 5.02 Å². The van der Waals surface area contributed by atoms with Crippen LogP contribution < -0.4 is 15.5 Å². The van der Waals surface area contributed by atoms with Crippen molar-refractivity contribution in [3.8, 4) is 22.6 Å². The van der Waals surface area contributed by atoms with Crippen molar-refractivity contribution in [2.45, 2.75) is 20.8 Å². The number of aryl methyl sites for hydroxylation is 3. The third kappa shape index (κ3) is 4.45. The van der Waals surface area contributed by atoms with Gasteiger partial charge in [0.15, 0.2) is 0 Å². The summed E-state index contributed by atoms with van der Waals surface area (Å²) in [6, 6.07) is 19.6. The molecule has 0 spiro atoms. The van der Waals surface area contributed by atoms with Crippen molar-refractivity contribution in [1.82, 2.24) is 9.78 Å². The standard InChI is InChI=1S/C27H24ClN3O3/c1-16-9-14-21(15-17(16)2)31-26(29-27(33)19-10-12-20(28)13-11-19)24(25(32)18(3)30-31)22-7-5-6-8-23(22)34-4/h5-15H,1-4H3,(H,29,33). The van der Waals surface area contributed by atoms with Crippen LogP contribution in [0, 0.1) is 20.8 Å². The summed E-state index contributed by atoms with van der Waals surface area (Å²) in [6.45, 7) is 5.68. The van der Waals surface area contributed by atoms with E-state index < -0.39 is 5.91 Å². The van der Waals surface area contributed by atoms with Gasteiger partial charge in [0.1, 0.15) is 17.3 Å². The Morgan fingerprint density at radius 2 is 1.68 bits per heavy atom. The first-order chi connectivity index (χ1) is 16.3. The summed E-state index contributed by atoms with van der Waals surface area (Å²) in [7, 11) is 1.54. The third-order valence-corrected chi connectivity index (χ3v) is 5.96. The molecule has 6 nitrogen and oxygen atoms in total. The molecule has 0 atom stereocenters. The van der Waals surface area contributed by atoms with Gasteiger partial charge in [-0.25, -0.2) is 4.68 Å². The molecule has 7 heteroatoms. The molecule has 0 unspecified atom stereocenters. The molecule has 0 saturated carbocycles. The average molecular weight is 474 g/mol. The first-order valence-corrected chi connectivity index (χ1v) is 11.1. The van der Waals surface area contributed by atoms with Crippen LogP contribution in [-0.4, -0.2) is 22.8 Å². The predicted molar refractivity (Wildman–Crippen MR) is 135 cm³/mol. The van der Waals surface area contributed by atoms with Gasteiger partial charge in [-0.2, -0.15) is 5.10 Å². The van der Waals surface area contributed by atoms with Crippen molar-refractivity contribution in [2.75, 3.05) is 12.4 Å². The van der Waals surface area contributed by atoms with Gasteiger partial charge in [0.05, 0.1) is 18.4 Å². The monoisotopic (exact) mass is 473 g/mol. The van der Waals surface area contributed by atoms with E-state index in [1.165, 1.54) is 0 Å². The number of hydrogen-bond donors (Lipinski definition) is 1. The molecule has 0 radical (unpaired) electrons. The lowest BCUT2D eigenvalue weighted by Gasteiger charge is -2.20. The highest BCUT2D eigenvalue weighted by Gasteiger charge is 2.23. The maximum atomic E-state index is 13.4. The first-order valence-electron chi connectivity index (χ1n) is 10.7. The molecule has 0 aliphatic rings. The third-order valence-electron chi connectivity index (χ3n) is 5.70. The van der Waals surface area contributed by atoms with Crippen molar-refractivity contribution in [3.05, 3.63) is 104 Å². The van der Waals surface area contributed by atoms with Crippen LogP contribution in [0.15, 0.2) is 71.5 Å². The van der Waals surface area contributed by atoms with Crippen molar-refractivity contribution in [1.29, 1.82) is 0 Å². The molecule has 172 valence electrons. The zero-order valence-corrected chi connectivity index (χ0v) is 20.1. The first kappa shape index (κ1) is 23.3. The molecule has 4 rings (SSSR count). The second-order valence-electron chi connectivity index (χ2n) is 7.98. The van der Waals surface area contributed by atoms with Crippen molar-refractivity contribution in [3.63, 3.8) is 0 Å². The minimum absolute atomic E-state index is 0.253. The van der Waals surface area contributed by atoms with Gasteiger partial charge < -0.3 is 10.1 Å². The van der Waals surface area contributed by atoms with Crippen LogP contribution >= 0.6 is 11.6 Å². The van der Waals surface area contributed by atoms with Gasteiger partial charge in [-0.1, -0.05) is 35.9 Å². The number of nitrogens with one attached hydrogen (secondary N) is 1. The largest absolute Gasteiger partial charge is 0.496 e. The maximum Gasteiger partial charge on any atom is 0.256 e. The number of para-hydroxylation sites is 1. The molecule has 0 bridgehead atoms. The van der Waals surface area contributed by atoms with Crippen LogP contribution in [0.3, 0.4) is 0 Å². The van der Waals surface area contributed by atoms with E-state index in [2.05, 4.69) is 10.4 Å². The molecule has 0 fully saturated rings. The number of hydrogen-bond acceptors (Lipinski definition) is 4. The van der Waals surface area contributed by atoms with Crippen LogP contribution in [0.5, 0.6) is 5.75 Å². The van der Waals surface area contributed by atoms with E-state index in [-0.39, 0.29) is 11.2 Å². The van der Waals surface area contributed by atoms with Crippen LogP contribution in [0.1, 0.15) is 27.2 Å². The number of aromatic nitrogens is 2. The van der Waals surface area contributed by atoms with E-state index in [0.29, 0.717) is 38.8 Å². The Labute approximate surface area is 202 Å². The number of rotatable bonds is 5. The Hall–Kier alpha value is -3.90. The fraction of sp³-hybridized carbons (Fsp3) is 0.148. The molecule has 1 amide bonds. The molecule has 34 heavy (non-hydrogen) atoms. The summed E-state index contributed by atoms with van der Waals surface area (Å²) in [5, 5.41) is 8.00. The highest BCUT2D eigenvalue weighted by atomic mass is 35.5. The van der Waals surface area contributed by atoms with Gasteiger partial charge in [0.25, 0.3) is 5.91 Å². The highest BCUT2D eigenvalue weighted by molar-refractivity contribution is 6.30. The Kier molecular flexibility index (Phi) is 6.52. The van der Waals surface area contributed by atoms with Gasteiger partial charge in [-0.15, -0.1) is 0 Å². The fourth-order valence-corrected chi connectivity index (χ4v) is 3.81. The Balaban J connectivity index is 2.00. The second kappa shape index (κ2) is 9.53. The Morgan fingerprint density at radius 1 is 0.971 bits per heavy atom. The molecular formula is C27H24ClN3O3. The van der Waals surface area contributed by atoms with Crippen LogP contribution in [0.25, 0.3) is 16.8 Å². The molecule has 0 aliphatic heterocycles. The van der Waals surface area contributed by atoms with E-state index in [1.54, 1.807) is 55.1 Å². The molecular weight excluding hydrogens is 450 g/mol. The predicted octanol–water partition coefficient (Wildman–Crippen LogP) is 5.74. The number of anilines is 1. The SMILES string of the molecule is COc1ccccc1-c1c(NC(=O)c2ccc(Cl)cc2)n(-c2ccc(C)c(C)c2)nc(C)c1=O. The van der Waals surface area contributed by atoms with Gasteiger partial charge in [-0.05, 0) is 74.4 Å². The number of nitrogens with zero attached hydrogens (tertiary/aromatic N) is 2. The number of carbonyl (C=O) groups excluding carboxylic acids is 1. The average Bonchev–Trinajstić information content (AvgIpc) is 2.83. The number of benzene rings is 3. The molecule has 0 saturated heterocycles. The van der Waals surface area contributed by atoms with Gasteiger partial charge in [-0.3, -0.25) is 9.59 Å². The van der Waals surface area contributed by atoms with Gasteiger partial charge in [0.2, 0.25) is 5.43 Å². The van der Waals surface area contributed by atoms with E-state index in [9.17, 15) is 9.59 Å². The van der Waals surface area contributed by atoms with E-state index >= 15 is 0 Å². The second-order valence-corrected chi connectivity index (χ2v) is 8.42. The van der Waals surface area contributed by atoms with Gasteiger partial charge in [0, 0.05) is 16.1 Å². The lowest BCUT2D eigenvalue weighted by atomic mass is 10.0. The van der Waals surface area contributed by atoms with Gasteiger partial charge >= 0.3 is 0 Å². The zero-order chi connectivity index (χ0) is 24.4. The Morgan fingerprint density at radius 3 is 2.35 bits per heavy atom. The fourth-order valence-electron chi connectivity index (χ4n) is 3.68. The minimum atomic E-state index is -0.393. The van der Waals surface area contributed by atoms with E-state index in [0.717, 1.165) is 11.1 Å². The molecule has 3 aromatic carbocycles. The zero-order valence-electron chi connectivity index (χ0n) is 19.3. The number of halogens is 1. The molecule has 0 aliphatic carbocycles. The summed E-state index contributed by atoms with van der Waals surface area (Å²) in [5.74, 6) is 0.373. The highest BCUT2D eigenvalue weighted by Crippen LogP contribution is 2.34. The number of ether oxygens (including phenoxy) is 1. The lowest BCUT2D eigenvalue weighted by Crippen LogP contribution is -2.25. The maximum absolute atomic E-state index is 13.4. The summed E-state index contributed by atoms with van der Waals surface area (Å²) in [6.07, 6.45) is 0. The van der Waals surface area contributed by atoms with Crippen molar-refractivity contribution < 1.29 is 9.53 Å². The molecule has 1 heterocycles. The van der Waals surface area contributed by atoms with E-state index in [4.69, 9.17) is 16.3 Å². The summed E-state index contributed by atoms with van der Waals surface area (Å²) < 4.78 is 7.13. The van der Waals surface area contributed by atoms with Crippen molar-refractivity contribution in [2.24, 2.45) is 0 Å². The smallest absolute Gasteiger partial charge is 0.256 e. The molecule has 4 aromatic rings. The normalized spacial score (nSPS) is 10.7. The van der Waals surface area contributed by atoms with E-state index in [1.807, 2.05) is 44.2 Å². The summed E-state index contributed by atoms with van der Waals surface area (Å²) in [5.41, 5.74) is 4.15. The quantitative estimate of drug-likeness (QED) is 0.401. The lowest BCUT2D eigenvalue weighted by molar-refractivity contribution is 0.102. The summed E-state index contributed by atoms with van der Waals surface area (Å²) in [4.78, 5) is 26.7. The minimum Gasteiger partial charge on any atom is -0.496 e. The summed E-state index contributed by atoms with van der Waals surface area (Å²) >= 11 is 5.99. The topological polar surface area (TPSA) is 73.2 Å².